The smallest absolute Gasteiger partial charge is 0.414 e. The quantitative estimate of drug-likeness (QED) is 0.583. The number of nitrogens with one attached hydrogen (secondary N) is 1. The van der Waals surface area contributed by atoms with E-state index in [1.807, 2.05) is 16.1 Å². The molecule has 3 heterocycles. The number of thiazole rings is 1. The Morgan fingerprint density at radius 1 is 1.45 bits per heavy atom. The molecule has 2 amide bonds. The molecule has 0 bridgehead atoms. The second-order valence-electron chi connectivity index (χ2n) is 6.35. The van der Waals surface area contributed by atoms with Crippen molar-refractivity contribution in [1.29, 1.82) is 0 Å². The summed E-state index contributed by atoms with van der Waals surface area (Å²) in [4.78, 5) is 32.8. The number of cyclic esters (lactones) is 1. The Labute approximate surface area is 174 Å². The van der Waals surface area contributed by atoms with Gasteiger partial charge in [-0.1, -0.05) is 12.6 Å². The number of anilines is 1. The van der Waals surface area contributed by atoms with Gasteiger partial charge in [0.05, 0.1) is 37.3 Å². The van der Waals surface area contributed by atoms with Gasteiger partial charge in [0.25, 0.3) is 5.24 Å². The third-order valence-corrected chi connectivity index (χ3v) is 5.39. The van der Waals surface area contributed by atoms with Crippen LogP contribution in [0.1, 0.15) is 5.69 Å². The van der Waals surface area contributed by atoms with Gasteiger partial charge in [-0.05, 0) is 18.2 Å². The van der Waals surface area contributed by atoms with Crippen molar-refractivity contribution in [3.05, 3.63) is 53.8 Å². The van der Waals surface area contributed by atoms with E-state index in [9.17, 15) is 14.0 Å². The van der Waals surface area contributed by atoms with E-state index in [-0.39, 0.29) is 13.1 Å². The molecule has 4 rings (SSSR count). The average Bonchev–Trinajstić information content (AvgIpc) is 3.42. The van der Waals surface area contributed by atoms with E-state index in [0.29, 0.717) is 22.8 Å². The van der Waals surface area contributed by atoms with Crippen LogP contribution in [-0.2, 0) is 11.3 Å². The summed E-state index contributed by atoms with van der Waals surface area (Å²) in [6, 6.07) is 4.53. The molecule has 1 aliphatic rings. The number of imidazole rings is 1. The number of halogens is 1. The highest BCUT2D eigenvalue weighted by molar-refractivity contribution is 7.96. The minimum Gasteiger partial charge on any atom is -0.442 e. The number of aromatic nitrogens is 3. The van der Waals surface area contributed by atoms with Crippen molar-refractivity contribution in [3.63, 3.8) is 0 Å². The fraction of sp³-hybridized carbons (Fsp3) is 0.222. The Morgan fingerprint density at radius 3 is 3.03 bits per heavy atom. The van der Waals surface area contributed by atoms with Gasteiger partial charge in [-0.3, -0.25) is 9.69 Å². The molecular formula is C18H16FN5O3S2. The largest absolute Gasteiger partial charge is 0.442 e. The standard InChI is InChI=1S/C18H16FN5O3S2/c19-15-5-12(24-8-13(27-18(24)26)6-21-17(25)28)1-2-14(15)16-22-11(9-29-16)7-23-4-3-20-10-23/h1-5,9-10,13H,6-8H2,(H2,21,25,28)/t13-/m0/s1. The Bertz CT molecular complexity index is 1040. The minimum atomic E-state index is -0.590. The summed E-state index contributed by atoms with van der Waals surface area (Å²) in [6.07, 6.45) is 4.10. The van der Waals surface area contributed by atoms with Crippen molar-refractivity contribution < 1.29 is 18.7 Å². The van der Waals surface area contributed by atoms with E-state index in [1.54, 1.807) is 24.7 Å². The van der Waals surface area contributed by atoms with Crippen molar-refractivity contribution >= 4 is 41.0 Å². The molecule has 11 heteroatoms. The van der Waals surface area contributed by atoms with Gasteiger partial charge in [0.15, 0.2) is 0 Å². The topological polar surface area (TPSA) is 89.4 Å². The van der Waals surface area contributed by atoms with Crippen LogP contribution >= 0.6 is 24.0 Å². The van der Waals surface area contributed by atoms with Crippen LogP contribution in [0.3, 0.4) is 0 Å². The summed E-state index contributed by atoms with van der Waals surface area (Å²) in [6.45, 7) is 0.905. The van der Waals surface area contributed by atoms with Crippen LogP contribution in [0.2, 0.25) is 0 Å². The molecule has 1 aliphatic heterocycles. The molecule has 2 aromatic heterocycles. The lowest BCUT2D eigenvalue weighted by atomic mass is 10.2. The Balaban J connectivity index is 1.48. The third-order valence-electron chi connectivity index (χ3n) is 4.31. The second kappa shape index (κ2) is 8.21. The third kappa shape index (κ3) is 4.40. The molecule has 0 unspecified atom stereocenters. The maximum absolute atomic E-state index is 14.8. The van der Waals surface area contributed by atoms with Crippen LogP contribution in [0.5, 0.6) is 0 Å². The molecule has 8 nitrogen and oxygen atoms in total. The number of nitrogens with zero attached hydrogens (tertiary/aromatic N) is 4. The van der Waals surface area contributed by atoms with E-state index in [4.69, 9.17) is 4.74 Å². The fourth-order valence-corrected chi connectivity index (χ4v) is 3.88. The second-order valence-corrected chi connectivity index (χ2v) is 7.61. The first kappa shape index (κ1) is 19.4. The molecule has 1 atom stereocenters. The molecule has 1 aromatic carbocycles. The summed E-state index contributed by atoms with van der Waals surface area (Å²) in [5, 5.41) is 4.40. The van der Waals surface area contributed by atoms with Gasteiger partial charge in [-0.15, -0.1) is 11.3 Å². The van der Waals surface area contributed by atoms with E-state index >= 15 is 0 Å². The number of thiol groups is 1. The lowest BCUT2D eigenvalue weighted by Gasteiger charge is -2.14. The fourth-order valence-electron chi connectivity index (χ4n) is 2.96. The van der Waals surface area contributed by atoms with Crippen molar-refractivity contribution in [1.82, 2.24) is 19.9 Å². The lowest BCUT2D eigenvalue weighted by Crippen LogP contribution is -2.32. The van der Waals surface area contributed by atoms with Crippen LogP contribution in [0.15, 0.2) is 42.3 Å². The van der Waals surface area contributed by atoms with E-state index in [2.05, 4.69) is 27.9 Å². The van der Waals surface area contributed by atoms with E-state index in [1.165, 1.54) is 22.3 Å². The zero-order valence-corrected chi connectivity index (χ0v) is 16.7. The maximum atomic E-state index is 14.8. The van der Waals surface area contributed by atoms with Crippen LogP contribution in [-0.4, -0.2) is 45.1 Å². The summed E-state index contributed by atoms with van der Waals surface area (Å²) >= 11 is 4.96. The highest BCUT2D eigenvalue weighted by Gasteiger charge is 2.32. The first-order valence-corrected chi connectivity index (χ1v) is 9.97. The number of hydrogen-bond acceptors (Lipinski definition) is 6. The molecule has 1 N–H and O–H groups in total. The van der Waals surface area contributed by atoms with Gasteiger partial charge < -0.3 is 14.6 Å². The number of amides is 2. The Hall–Kier alpha value is -2.92. The zero-order valence-electron chi connectivity index (χ0n) is 15.0. The Kier molecular flexibility index (Phi) is 5.49. The molecule has 3 aromatic rings. The summed E-state index contributed by atoms with van der Waals surface area (Å²) < 4.78 is 21.8. The van der Waals surface area contributed by atoms with Crippen molar-refractivity contribution in [2.75, 3.05) is 18.0 Å². The van der Waals surface area contributed by atoms with Crippen molar-refractivity contribution in [3.8, 4) is 10.6 Å². The number of rotatable bonds is 6. The molecular weight excluding hydrogens is 417 g/mol. The van der Waals surface area contributed by atoms with Gasteiger partial charge in [0.2, 0.25) is 0 Å². The molecule has 0 radical (unpaired) electrons. The minimum absolute atomic E-state index is 0.143. The first-order chi connectivity index (χ1) is 14.0. The van der Waals surface area contributed by atoms with Crippen molar-refractivity contribution in [2.24, 2.45) is 0 Å². The normalized spacial score (nSPS) is 16.1. The average molecular weight is 433 g/mol. The van der Waals surface area contributed by atoms with Gasteiger partial charge >= 0.3 is 6.09 Å². The number of carbonyl (C=O) groups excluding carboxylic acids is 2. The molecule has 1 fully saturated rings. The number of ether oxygens (including phenoxy) is 1. The van der Waals surface area contributed by atoms with Gasteiger partial charge in [-0.2, -0.15) is 0 Å². The highest BCUT2D eigenvalue weighted by atomic mass is 32.1. The summed E-state index contributed by atoms with van der Waals surface area (Å²) in [7, 11) is 0. The van der Waals surface area contributed by atoms with E-state index < -0.39 is 23.3 Å². The highest BCUT2D eigenvalue weighted by Crippen LogP contribution is 2.31. The van der Waals surface area contributed by atoms with Crippen LogP contribution in [0.25, 0.3) is 10.6 Å². The lowest BCUT2D eigenvalue weighted by molar-refractivity contribution is 0.141. The molecule has 0 saturated carbocycles. The van der Waals surface area contributed by atoms with Crippen LogP contribution < -0.4 is 10.2 Å². The summed E-state index contributed by atoms with van der Waals surface area (Å²) in [5.41, 5.74) is 1.55. The zero-order chi connectivity index (χ0) is 20.4. The molecule has 1 saturated heterocycles. The van der Waals surface area contributed by atoms with Gasteiger partial charge in [0.1, 0.15) is 16.9 Å². The van der Waals surface area contributed by atoms with E-state index in [0.717, 1.165) is 5.69 Å². The molecule has 0 spiro atoms. The SMILES string of the molecule is O=C(S)NC[C@H]1CN(c2ccc(-c3nc(Cn4ccnc4)cs3)c(F)c2)C(=O)O1. The van der Waals surface area contributed by atoms with Gasteiger partial charge in [-0.25, -0.2) is 19.2 Å². The van der Waals surface area contributed by atoms with Crippen LogP contribution in [0, 0.1) is 5.82 Å². The maximum Gasteiger partial charge on any atom is 0.414 e. The number of hydrogen-bond donors (Lipinski definition) is 2. The van der Waals surface area contributed by atoms with Crippen LogP contribution in [0.4, 0.5) is 19.7 Å². The van der Waals surface area contributed by atoms with Crippen molar-refractivity contribution in [2.45, 2.75) is 12.6 Å². The molecule has 29 heavy (non-hydrogen) atoms. The first-order valence-electron chi connectivity index (χ1n) is 8.64. The monoisotopic (exact) mass is 433 g/mol. The van der Waals surface area contributed by atoms with Gasteiger partial charge in [0, 0.05) is 23.3 Å². The Morgan fingerprint density at radius 2 is 2.31 bits per heavy atom. The molecule has 0 aliphatic carbocycles. The number of benzene rings is 1. The predicted molar refractivity (Wildman–Crippen MR) is 109 cm³/mol. The predicted octanol–water partition coefficient (Wildman–Crippen LogP) is 3.16. The summed E-state index contributed by atoms with van der Waals surface area (Å²) in [5.74, 6) is -0.481. The molecule has 150 valence electrons. The number of carbonyl (C=O) groups is 2.